The Labute approximate surface area is 107 Å². The van der Waals surface area contributed by atoms with E-state index >= 15 is 0 Å². The molecule has 0 radical (unpaired) electrons. The first kappa shape index (κ1) is 14.2. The van der Waals surface area contributed by atoms with Crippen LogP contribution in [0.5, 0.6) is 0 Å². The van der Waals surface area contributed by atoms with Gasteiger partial charge >= 0.3 is 0 Å². The SMILES string of the molecule is CCC(Cc1ccccc1)NCC(C)(C)CC. The van der Waals surface area contributed by atoms with E-state index in [1.807, 2.05) is 0 Å². The number of nitrogens with one attached hydrogen (secondary N) is 1. The van der Waals surface area contributed by atoms with Gasteiger partial charge in [0.15, 0.2) is 0 Å². The molecule has 0 bridgehead atoms. The third-order valence-corrected chi connectivity index (χ3v) is 3.64. The van der Waals surface area contributed by atoms with Crippen LogP contribution in [0.25, 0.3) is 0 Å². The highest BCUT2D eigenvalue weighted by molar-refractivity contribution is 5.15. The van der Waals surface area contributed by atoms with E-state index in [0.717, 1.165) is 13.0 Å². The van der Waals surface area contributed by atoms with Gasteiger partial charge in [0.25, 0.3) is 0 Å². The lowest BCUT2D eigenvalue weighted by atomic mass is 9.89. The van der Waals surface area contributed by atoms with Crippen molar-refractivity contribution in [1.29, 1.82) is 0 Å². The summed E-state index contributed by atoms with van der Waals surface area (Å²) in [7, 11) is 0. The van der Waals surface area contributed by atoms with Crippen molar-refractivity contribution >= 4 is 0 Å². The topological polar surface area (TPSA) is 12.0 Å². The Kier molecular flexibility index (Phi) is 5.70. The summed E-state index contributed by atoms with van der Waals surface area (Å²) < 4.78 is 0. The zero-order valence-electron chi connectivity index (χ0n) is 11.8. The molecule has 1 N–H and O–H groups in total. The maximum Gasteiger partial charge on any atom is 0.0105 e. The summed E-state index contributed by atoms with van der Waals surface area (Å²) in [6, 6.07) is 11.4. The van der Waals surface area contributed by atoms with Crippen LogP contribution in [0, 0.1) is 5.41 Å². The Hall–Kier alpha value is -0.820. The van der Waals surface area contributed by atoms with Crippen LogP contribution < -0.4 is 5.32 Å². The van der Waals surface area contributed by atoms with Crippen molar-refractivity contribution in [3.05, 3.63) is 35.9 Å². The van der Waals surface area contributed by atoms with Crippen LogP contribution in [0.2, 0.25) is 0 Å². The average molecular weight is 233 g/mol. The Morgan fingerprint density at radius 2 is 1.76 bits per heavy atom. The second kappa shape index (κ2) is 6.80. The summed E-state index contributed by atoms with van der Waals surface area (Å²) >= 11 is 0. The molecule has 0 aliphatic heterocycles. The average Bonchev–Trinajstić information content (AvgIpc) is 2.35. The van der Waals surface area contributed by atoms with Gasteiger partial charge in [-0.2, -0.15) is 0 Å². The normalized spacial score (nSPS) is 13.6. The standard InChI is InChI=1S/C16H27N/c1-5-15(17-13-16(3,4)6-2)12-14-10-8-7-9-11-14/h7-11,15,17H,5-6,12-13H2,1-4H3. The lowest BCUT2D eigenvalue weighted by Crippen LogP contribution is -2.37. The third-order valence-electron chi connectivity index (χ3n) is 3.64. The minimum Gasteiger partial charge on any atom is -0.313 e. The van der Waals surface area contributed by atoms with Crippen LogP contribution in [-0.4, -0.2) is 12.6 Å². The number of hydrogen-bond donors (Lipinski definition) is 1. The lowest BCUT2D eigenvalue weighted by Gasteiger charge is -2.27. The quantitative estimate of drug-likeness (QED) is 0.749. The van der Waals surface area contributed by atoms with E-state index in [9.17, 15) is 0 Å². The summed E-state index contributed by atoms with van der Waals surface area (Å²) in [4.78, 5) is 0. The van der Waals surface area contributed by atoms with E-state index in [4.69, 9.17) is 0 Å². The highest BCUT2D eigenvalue weighted by Crippen LogP contribution is 2.18. The summed E-state index contributed by atoms with van der Waals surface area (Å²) in [5.74, 6) is 0. The number of benzene rings is 1. The van der Waals surface area contributed by atoms with Gasteiger partial charge in [-0.25, -0.2) is 0 Å². The van der Waals surface area contributed by atoms with Crippen molar-refractivity contribution in [1.82, 2.24) is 5.32 Å². The van der Waals surface area contributed by atoms with E-state index in [1.54, 1.807) is 0 Å². The second-order valence-electron chi connectivity index (χ2n) is 5.69. The fourth-order valence-corrected chi connectivity index (χ4v) is 1.81. The second-order valence-corrected chi connectivity index (χ2v) is 5.69. The molecule has 1 aromatic rings. The first-order chi connectivity index (χ1) is 8.07. The van der Waals surface area contributed by atoms with E-state index in [1.165, 1.54) is 18.4 Å². The Morgan fingerprint density at radius 1 is 1.12 bits per heavy atom. The molecule has 1 atom stereocenters. The van der Waals surface area contributed by atoms with Gasteiger partial charge in [-0.05, 0) is 30.2 Å². The molecule has 0 saturated heterocycles. The smallest absolute Gasteiger partial charge is 0.0105 e. The highest BCUT2D eigenvalue weighted by atomic mass is 14.9. The van der Waals surface area contributed by atoms with Crippen molar-refractivity contribution in [3.63, 3.8) is 0 Å². The number of rotatable bonds is 7. The molecule has 0 fully saturated rings. The van der Waals surface area contributed by atoms with Crippen LogP contribution in [0.15, 0.2) is 30.3 Å². The van der Waals surface area contributed by atoms with Gasteiger partial charge in [-0.1, -0.05) is 58.0 Å². The maximum absolute atomic E-state index is 3.71. The Balaban J connectivity index is 2.44. The zero-order valence-corrected chi connectivity index (χ0v) is 11.8. The third kappa shape index (κ3) is 5.36. The zero-order chi connectivity index (χ0) is 12.7. The molecule has 17 heavy (non-hydrogen) atoms. The minimum atomic E-state index is 0.407. The molecule has 1 nitrogen and oxygen atoms in total. The van der Waals surface area contributed by atoms with Crippen molar-refractivity contribution in [2.45, 2.75) is 53.0 Å². The molecule has 96 valence electrons. The summed E-state index contributed by atoms with van der Waals surface area (Å²) in [5, 5.41) is 3.71. The molecule has 0 spiro atoms. The van der Waals surface area contributed by atoms with Gasteiger partial charge in [0.1, 0.15) is 0 Å². The van der Waals surface area contributed by atoms with Gasteiger partial charge < -0.3 is 5.32 Å². The van der Waals surface area contributed by atoms with Gasteiger partial charge in [0.05, 0.1) is 0 Å². The van der Waals surface area contributed by atoms with Crippen molar-refractivity contribution in [3.8, 4) is 0 Å². The number of hydrogen-bond acceptors (Lipinski definition) is 1. The van der Waals surface area contributed by atoms with Crippen LogP contribution in [0.3, 0.4) is 0 Å². The van der Waals surface area contributed by atoms with Crippen molar-refractivity contribution < 1.29 is 0 Å². The largest absolute Gasteiger partial charge is 0.313 e. The monoisotopic (exact) mass is 233 g/mol. The van der Waals surface area contributed by atoms with Crippen LogP contribution >= 0.6 is 0 Å². The molecule has 1 heteroatoms. The molecular formula is C16H27N. The van der Waals surface area contributed by atoms with Gasteiger partial charge in [0, 0.05) is 12.6 Å². The molecule has 0 heterocycles. The predicted molar refractivity (Wildman–Crippen MR) is 76.3 cm³/mol. The van der Waals surface area contributed by atoms with Crippen LogP contribution in [-0.2, 0) is 6.42 Å². The molecule has 1 rings (SSSR count). The molecule has 0 amide bonds. The van der Waals surface area contributed by atoms with E-state index < -0.39 is 0 Å². The molecule has 0 saturated carbocycles. The molecule has 0 aliphatic rings. The van der Waals surface area contributed by atoms with E-state index in [-0.39, 0.29) is 0 Å². The van der Waals surface area contributed by atoms with Crippen molar-refractivity contribution in [2.75, 3.05) is 6.54 Å². The predicted octanol–water partition coefficient (Wildman–Crippen LogP) is 4.03. The van der Waals surface area contributed by atoms with Gasteiger partial charge in [-0.3, -0.25) is 0 Å². The van der Waals surface area contributed by atoms with Gasteiger partial charge in [0.2, 0.25) is 0 Å². The molecule has 1 unspecified atom stereocenters. The van der Waals surface area contributed by atoms with Gasteiger partial charge in [-0.15, -0.1) is 0 Å². The lowest BCUT2D eigenvalue weighted by molar-refractivity contribution is 0.304. The molecule has 1 aromatic carbocycles. The minimum absolute atomic E-state index is 0.407. The highest BCUT2D eigenvalue weighted by Gasteiger charge is 2.16. The Bertz CT molecular complexity index is 303. The molecule has 0 aliphatic carbocycles. The molecule has 0 aromatic heterocycles. The summed E-state index contributed by atoms with van der Waals surface area (Å²) in [6.45, 7) is 10.3. The first-order valence-electron chi connectivity index (χ1n) is 6.84. The van der Waals surface area contributed by atoms with Crippen LogP contribution in [0.1, 0.15) is 46.1 Å². The first-order valence-corrected chi connectivity index (χ1v) is 6.84. The summed E-state index contributed by atoms with van der Waals surface area (Å²) in [5.41, 5.74) is 1.84. The van der Waals surface area contributed by atoms with E-state index in [0.29, 0.717) is 11.5 Å². The van der Waals surface area contributed by atoms with E-state index in [2.05, 4.69) is 63.3 Å². The van der Waals surface area contributed by atoms with Crippen molar-refractivity contribution in [2.24, 2.45) is 5.41 Å². The fraction of sp³-hybridized carbons (Fsp3) is 0.625. The maximum atomic E-state index is 3.71. The summed E-state index contributed by atoms with van der Waals surface area (Å²) in [6.07, 6.45) is 3.55. The Morgan fingerprint density at radius 3 is 2.29 bits per heavy atom. The van der Waals surface area contributed by atoms with Crippen LogP contribution in [0.4, 0.5) is 0 Å². The fourth-order valence-electron chi connectivity index (χ4n) is 1.81. The molecular weight excluding hydrogens is 206 g/mol.